The van der Waals surface area contributed by atoms with Gasteiger partial charge in [0.15, 0.2) is 0 Å². The summed E-state index contributed by atoms with van der Waals surface area (Å²) in [6, 6.07) is 15.5. The standard InChI is InChI=1S/C17H17NO4.C6H13NO2.C5H9NO4/c19-16(20)15(11-13-7-3-1-4-8-13)18-17(21)22-12-14-9-5-2-6-10-14;1-4(2)3-5(7)6(8)9;6-3(5(9)10)1-2-4(7)8/h1-10,15H,11-12H2,(H,18,21)(H,19,20);4-5H,3,7H2,1-2H3,(H,8,9);3H,1-2,6H2,(H,7,8)(H,9,10)/t15-;5-;3-/m000/s1. The van der Waals surface area contributed by atoms with E-state index in [0.717, 1.165) is 11.1 Å². The molecule has 0 aliphatic rings. The molecule has 0 spiro atoms. The summed E-state index contributed by atoms with van der Waals surface area (Å²) >= 11 is 0. The van der Waals surface area contributed by atoms with Gasteiger partial charge in [-0.1, -0.05) is 74.5 Å². The first-order valence-electron chi connectivity index (χ1n) is 12.6. The molecule has 9 N–H and O–H groups in total. The maximum Gasteiger partial charge on any atom is 0.408 e. The summed E-state index contributed by atoms with van der Waals surface area (Å²) in [5, 5.41) is 36.2. The Morgan fingerprint density at radius 2 is 1.24 bits per heavy atom. The van der Waals surface area contributed by atoms with E-state index < -0.39 is 48.1 Å². The lowest BCUT2D eigenvalue weighted by Crippen LogP contribution is -2.42. The molecule has 3 atom stereocenters. The number of carboxylic acid groups (broad SMARTS) is 4. The van der Waals surface area contributed by atoms with E-state index in [9.17, 15) is 29.1 Å². The molecule has 0 saturated heterocycles. The van der Waals surface area contributed by atoms with Crippen LogP contribution in [-0.4, -0.2) is 68.5 Å². The van der Waals surface area contributed by atoms with Gasteiger partial charge in [-0.25, -0.2) is 9.59 Å². The van der Waals surface area contributed by atoms with Gasteiger partial charge in [-0.15, -0.1) is 0 Å². The molecule has 13 heteroatoms. The average molecular weight is 578 g/mol. The molecule has 0 fully saturated rings. The Labute approximate surface area is 238 Å². The van der Waals surface area contributed by atoms with Crippen molar-refractivity contribution in [1.29, 1.82) is 0 Å². The Morgan fingerprint density at radius 3 is 1.63 bits per heavy atom. The van der Waals surface area contributed by atoms with Crippen molar-refractivity contribution in [2.45, 2.75) is 64.3 Å². The van der Waals surface area contributed by atoms with Crippen LogP contribution < -0.4 is 16.8 Å². The van der Waals surface area contributed by atoms with Gasteiger partial charge in [-0.05, 0) is 29.9 Å². The third-order valence-corrected chi connectivity index (χ3v) is 5.11. The molecule has 0 heterocycles. The van der Waals surface area contributed by atoms with E-state index >= 15 is 0 Å². The van der Waals surface area contributed by atoms with Gasteiger partial charge in [0.05, 0.1) is 0 Å². The summed E-state index contributed by atoms with van der Waals surface area (Å²) in [6.45, 7) is 4.00. The Morgan fingerprint density at radius 1 is 0.756 bits per heavy atom. The zero-order valence-electron chi connectivity index (χ0n) is 23.0. The summed E-state index contributed by atoms with van der Waals surface area (Å²) in [6.07, 6.45) is -0.212. The third kappa shape index (κ3) is 19.3. The molecule has 0 aliphatic heterocycles. The largest absolute Gasteiger partial charge is 0.481 e. The van der Waals surface area contributed by atoms with E-state index in [2.05, 4.69) is 5.32 Å². The van der Waals surface area contributed by atoms with Gasteiger partial charge in [0.25, 0.3) is 0 Å². The number of carbonyl (C=O) groups is 5. The Balaban J connectivity index is 0.000000700. The van der Waals surface area contributed by atoms with Crippen LogP contribution in [0.2, 0.25) is 0 Å². The lowest BCUT2D eigenvalue weighted by Gasteiger charge is -2.14. The SMILES string of the molecule is CC(C)C[C@H](N)C(=O)O.N[C@@H](CCC(=O)O)C(=O)O.O=C(N[C@@H](Cc1ccccc1)C(=O)O)OCc1ccccc1. The van der Waals surface area contributed by atoms with Gasteiger partial charge in [0, 0.05) is 12.8 Å². The van der Waals surface area contributed by atoms with Crippen LogP contribution in [0.4, 0.5) is 4.79 Å². The number of alkyl carbamates (subject to hydrolysis) is 1. The fraction of sp³-hybridized carbons (Fsp3) is 0.393. The zero-order valence-corrected chi connectivity index (χ0v) is 23.0. The molecule has 41 heavy (non-hydrogen) atoms. The van der Waals surface area contributed by atoms with Crippen molar-refractivity contribution >= 4 is 30.0 Å². The van der Waals surface area contributed by atoms with Crippen LogP contribution in [0, 0.1) is 5.92 Å². The summed E-state index contributed by atoms with van der Waals surface area (Å²) in [4.78, 5) is 52.9. The molecule has 226 valence electrons. The van der Waals surface area contributed by atoms with Crippen LogP contribution in [-0.2, 0) is 36.9 Å². The predicted octanol–water partition coefficient (Wildman–Crippen LogP) is 2.32. The molecule has 0 unspecified atom stereocenters. The second-order valence-electron chi connectivity index (χ2n) is 9.24. The molecule has 13 nitrogen and oxygen atoms in total. The van der Waals surface area contributed by atoms with Crippen LogP contribution in [0.3, 0.4) is 0 Å². The first-order chi connectivity index (χ1) is 19.2. The average Bonchev–Trinajstić information content (AvgIpc) is 2.91. The van der Waals surface area contributed by atoms with Crippen LogP contribution in [0.5, 0.6) is 0 Å². The predicted molar refractivity (Wildman–Crippen MR) is 149 cm³/mol. The Kier molecular flexibility index (Phi) is 18.2. The lowest BCUT2D eigenvalue weighted by atomic mass is 10.1. The third-order valence-electron chi connectivity index (χ3n) is 5.11. The van der Waals surface area contributed by atoms with E-state index in [0.29, 0.717) is 12.3 Å². The number of rotatable bonds is 13. The van der Waals surface area contributed by atoms with Crippen molar-refractivity contribution < 1.29 is 49.1 Å². The van der Waals surface area contributed by atoms with Gasteiger partial charge in [0.1, 0.15) is 24.7 Å². The Bertz CT molecular complexity index is 1080. The van der Waals surface area contributed by atoms with Crippen molar-refractivity contribution in [1.82, 2.24) is 5.32 Å². The number of hydrogen-bond acceptors (Lipinski definition) is 8. The number of aliphatic carboxylic acids is 4. The molecule has 0 saturated carbocycles. The molecule has 2 aromatic rings. The highest BCUT2D eigenvalue weighted by Crippen LogP contribution is 2.05. The van der Waals surface area contributed by atoms with E-state index in [-0.39, 0.29) is 25.9 Å². The first-order valence-corrected chi connectivity index (χ1v) is 12.6. The van der Waals surface area contributed by atoms with Gasteiger partial charge < -0.3 is 41.9 Å². The quantitative estimate of drug-likeness (QED) is 0.181. The van der Waals surface area contributed by atoms with Gasteiger partial charge in [-0.3, -0.25) is 14.4 Å². The number of carbonyl (C=O) groups excluding carboxylic acids is 1. The summed E-state index contributed by atoms with van der Waals surface area (Å²) in [5.74, 6) is -3.85. The van der Waals surface area contributed by atoms with Crippen LogP contribution in [0.1, 0.15) is 44.2 Å². The number of hydrogen-bond donors (Lipinski definition) is 7. The minimum absolute atomic E-state index is 0.0231. The van der Waals surface area contributed by atoms with Crippen molar-refractivity contribution in [2.75, 3.05) is 0 Å². The fourth-order valence-corrected chi connectivity index (χ4v) is 2.97. The van der Waals surface area contributed by atoms with Crippen molar-refractivity contribution in [3.8, 4) is 0 Å². The molecule has 1 amide bonds. The van der Waals surface area contributed by atoms with Crippen molar-refractivity contribution in [2.24, 2.45) is 17.4 Å². The monoisotopic (exact) mass is 577 g/mol. The van der Waals surface area contributed by atoms with Crippen molar-refractivity contribution in [3.05, 3.63) is 71.8 Å². The van der Waals surface area contributed by atoms with E-state index in [1.54, 1.807) is 0 Å². The van der Waals surface area contributed by atoms with E-state index in [1.165, 1.54) is 0 Å². The molecule has 0 bridgehead atoms. The highest BCUT2D eigenvalue weighted by atomic mass is 16.5. The molecule has 2 rings (SSSR count). The van der Waals surface area contributed by atoms with Gasteiger partial charge in [0.2, 0.25) is 0 Å². The number of nitrogens with two attached hydrogens (primary N) is 2. The minimum Gasteiger partial charge on any atom is -0.481 e. The second-order valence-corrected chi connectivity index (χ2v) is 9.24. The maximum absolute atomic E-state index is 11.7. The molecular weight excluding hydrogens is 538 g/mol. The highest BCUT2D eigenvalue weighted by Gasteiger charge is 2.21. The van der Waals surface area contributed by atoms with Crippen LogP contribution >= 0.6 is 0 Å². The summed E-state index contributed by atoms with van der Waals surface area (Å²) < 4.78 is 5.03. The maximum atomic E-state index is 11.7. The van der Waals surface area contributed by atoms with E-state index in [1.807, 2.05) is 74.5 Å². The number of benzene rings is 2. The molecule has 0 aliphatic carbocycles. The number of amides is 1. The minimum atomic E-state index is -1.17. The molecule has 0 aromatic heterocycles. The summed E-state index contributed by atoms with van der Waals surface area (Å²) in [5.41, 5.74) is 11.9. The van der Waals surface area contributed by atoms with Crippen LogP contribution in [0.25, 0.3) is 0 Å². The number of ether oxygens (including phenoxy) is 1. The summed E-state index contributed by atoms with van der Waals surface area (Å²) in [7, 11) is 0. The molecular formula is C28H39N3O10. The van der Waals surface area contributed by atoms with E-state index in [4.69, 9.17) is 31.5 Å². The van der Waals surface area contributed by atoms with Gasteiger partial charge >= 0.3 is 30.0 Å². The van der Waals surface area contributed by atoms with Crippen molar-refractivity contribution in [3.63, 3.8) is 0 Å². The highest BCUT2D eigenvalue weighted by molar-refractivity contribution is 5.80. The molecule has 2 aromatic carbocycles. The molecule has 0 radical (unpaired) electrons. The first kappa shape index (κ1) is 36.5. The zero-order chi connectivity index (χ0) is 31.4. The topological polar surface area (TPSA) is 240 Å². The number of nitrogens with one attached hydrogen (secondary N) is 1. The fourth-order valence-electron chi connectivity index (χ4n) is 2.97. The van der Waals surface area contributed by atoms with Gasteiger partial charge in [-0.2, -0.15) is 0 Å². The smallest absolute Gasteiger partial charge is 0.408 e. The van der Waals surface area contributed by atoms with Crippen LogP contribution in [0.15, 0.2) is 60.7 Å². The Hall–Kier alpha value is -4.49. The number of carboxylic acids is 4. The lowest BCUT2D eigenvalue weighted by molar-refractivity contribution is -0.141. The second kappa shape index (κ2) is 20.4. The normalized spacial score (nSPS) is 12.2.